The number of carbonyl (C=O) groups is 1. The van der Waals surface area contributed by atoms with Crippen molar-refractivity contribution in [3.8, 4) is 0 Å². The summed E-state index contributed by atoms with van der Waals surface area (Å²) in [5, 5.41) is 12.6. The molecule has 22 heavy (non-hydrogen) atoms. The van der Waals surface area contributed by atoms with E-state index in [0.717, 1.165) is 12.8 Å². The van der Waals surface area contributed by atoms with Gasteiger partial charge in [-0.2, -0.15) is 0 Å². The van der Waals surface area contributed by atoms with Crippen molar-refractivity contribution >= 4 is 22.8 Å². The second kappa shape index (κ2) is 5.49. The number of hydrogen-bond acceptors (Lipinski definition) is 4. The maximum absolute atomic E-state index is 12.1. The minimum Gasteiger partial charge on any atom is -0.408 e. The fraction of sp³-hybridized carbons (Fsp3) is 0.467. The number of oxazole rings is 1. The van der Waals surface area contributed by atoms with Gasteiger partial charge in [0.05, 0.1) is 11.6 Å². The van der Waals surface area contributed by atoms with Gasteiger partial charge in [0.25, 0.3) is 0 Å². The van der Waals surface area contributed by atoms with Crippen molar-refractivity contribution in [1.29, 1.82) is 0 Å². The van der Waals surface area contributed by atoms with E-state index in [-0.39, 0.29) is 6.03 Å². The second-order valence-electron chi connectivity index (χ2n) is 5.82. The van der Waals surface area contributed by atoms with Crippen LogP contribution in [0.15, 0.2) is 27.4 Å². The summed E-state index contributed by atoms with van der Waals surface area (Å²) in [4.78, 5) is 25.0. The van der Waals surface area contributed by atoms with Crippen molar-refractivity contribution in [1.82, 2.24) is 9.47 Å². The maximum Gasteiger partial charge on any atom is 0.419 e. The highest BCUT2D eigenvalue weighted by Crippen LogP contribution is 2.32. The Labute approximate surface area is 127 Å². The fourth-order valence-corrected chi connectivity index (χ4v) is 2.42. The highest BCUT2D eigenvalue weighted by molar-refractivity contribution is 5.91. The average molecular weight is 305 g/mol. The standard InChI is InChI=1S/C15H19N3O4/c1-17(8-12(19)9-3-4-9)14(20)16-10-5-6-11-13(7-10)22-15(21)18(11)2/h5-7,9,12,19H,3-4,8H2,1-2H3,(H,16,20). The molecule has 118 valence electrons. The van der Waals surface area contributed by atoms with Crippen LogP contribution in [0.2, 0.25) is 0 Å². The monoisotopic (exact) mass is 305 g/mol. The van der Waals surface area contributed by atoms with Crippen LogP contribution in [0.1, 0.15) is 12.8 Å². The molecule has 7 nitrogen and oxygen atoms in total. The van der Waals surface area contributed by atoms with E-state index in [4.69, 9.17) is 4.42 Å². The molecule has 1 aliphatic rings. The number of likely N-dealkylation sites (N-methyl/N-ethyl adjacent to an activating group) is 1. The zero-order valence-corrected chi connectivity index (χ0v) is 12.6. The van der Waals surface area contributed by atoms with Crippen molar-refractivity contribution in [2.24, 2.45) is 13.0 Å². The van der Waals surface area contributed by atoms with Gasteiger partial charge in [-0.3, -0.25) is 4.57 Å². The summed E-state index contributed by atoms with van der Waals surface area (Å²) < 4.78 is 6.49. The van der Waals surface area contributed by atoms with Crippen LogP contribution in [0.4, 0.5) is 10.5 Å². The number of urea groups is 1. The summed E-state index contributed by atoms with van der Waals surface area (Å²) in [5.41, 5.74) is 1.63. The lowest BCUT2D eigenvalue weighted by atomic mass is 10.2. The van der Waals surface area contributed by atoms with E-state index < -0.39 is 11.9 Å². The van der Waals surface area contributed by atoms with Crippen LogP contribution in [-0.4, -0.2) is 40.3 Å². The summed E-state index contributed by atoms with van der Waals surface area (Å²) in [6, 6.07) is 4.73. The first-order chi connectivity index (χ1) is 10.5. The van der Waals surface area contributed by atoms with Crippen LogP contribution in [0.3, 0.4) is 0 Å². The van der Waals surface area contributed by atoms with Crippen molar-refractivity contribution in [3.63, 3.8) is 0 Å². The van der Waals surface area contributed by atoms with Crippen LogP contribution in [-0.2, 0) is 7.05 Å². The lowest BCUT2D eigenvalue weighted by Gasteiger charge is -2.21. The summed E-state index contributed by atoms with van der Waals surface area (Å²) in [6.45, 7) is 0.305. The van der Waals surface area contributed by atoms with E-state index in [1.165, 1.54) is 9.47 Å². The van der Waals surface area contributed by atoms with Crippen LogP contribution >= 0.6 is 0 Å². The van der Waals surface area contributed by atoms with Gasteiger partial charge in [0.1, 0.15) is 0 Å². The lowest BCUT2D eigenvalue weighted by Crippen LogP contribution is -2.37. The van der Waals surface area contributed by atoms with Crippen LogP contribution in [0.25, 0.3) is 11.1 Å². The number of nitrogens with zero attached hydrogens (tertiary/aromatic N) is 2. The zero-order valence-electron chi connectivity index (χ0n) is 12.6. The van der Waals surface area contributed by atoms with E-state index in [2.05, 4.69) is 5.32 Å². The molecule has 1 fully saturated rings. The molecule has 0 spiro atoms. The number of nitrogens with one attached hydrogen (secondary N) is 1. The van der Waals surface area contributed by atoms with Gasteiger partial charge in [-0.1, -0.05) is 0 Å². The number of anilines is 1. The van der Waals surface area contributed by atoms with E-state index in [1.54, 1.807) is 32.3 Å². The van der Waals surface area contributed by atoms with Gasteiger partial charge in [0.15, 0.2) is 5.58 Å². The Balaban J connectivity index is 1.69. The number of fused-ring (bicyclic) bond motifs is 1. The highest BCUT2D eigenvalue weighted by atomic mass is 16.4. The van der Waals surface area contributed by atoms with Gasteiger partial charge >= 0.3 is 11.8 Å². The number of aromatic nitrogens is 1. The molecule has 1 aromatic carbocycles. The van der Waals surface area contributed by atoms with Crippen molar-refractivity contribution in [2.75, 3.05) is 18.9 Å². The number of amides is 2. The Kier molecular flexibility index (Phi) is 3.66. The van der Waals surface area contributed by atoms with Gasteiger partial charge < -0.3 is 19.7 Å². The first-order valence-corrected chi connectivity index (χ1v) is 7.25. The van der Waals surface area contributed by atoms with Gasteiger partial charge in [-0.05, 0) is 30.9 Å². The second-order valence-corrected chi connectivity index (χ2v) is 5.82. The minimum atomic E-state index is -0.467. The third-order valence-electron chi connectivity index (χ3n) is 4.02. The molecule has 1 saturated carbocycles. The van der Waals surface area contributed by atoms with E-state index in [9.17, 15) is 14.7 Å². The number of aliphatic hydroxyl groups is 1. The summed E-state index contributed by atoms with van der Waals surface area (Å²) in [6.07, 6.45) is 1.59. The van der Waals surface area contributed by atoms with Crippen LogP contribution < -0.4 is 11.1 Å². The number of hydrogen-bond donors (Lipinski definition) is 2. The molecule has 1 atom stereocenters. The molecule has 7 heteroatoms. The Morgan fingerprint density at radius 3 is 2.95 bits per heavy atom. The molecule has 2 N–H and O–H groups in total. The van der Waals surface area contributed by atoms with Gasteiger partial charge in [0.2, 0.25) is 0 Å². The normalized spacial score (nSPS) is 15.8. The van der Waals surface area contributed by atoms with E-state index in [0.29, 0.717) is 29.2 Å². The number of rotatable bonds is 4. The molecule has 1 heterocycles. The number of aliphatic hydroxyl groups excluding tert-OH is 1. The smallest absolute Gasteiger partial charge is 0.408 e. The van der Waals surface area contributed by atoms with E-state index >= 15 is 0 Å². The third-order valence-corrected chi connectivity index (χ3v) is 4.02. The van der Waals surface area contributed by atoms with Crippen molar-refractivity contribution < 1.29 is 14.3 Å². The first kappa shape index (κ1) is 14.6. The molecule has 0 saturated heterocycles. The number of aryl methyl sites for hydroxylation is 1. The molecule has 1 aromatic heterocycles. The first-order valence-electron chi connectivity index (χ1n) is 7.25. The van der Waals surface area contributed by atoms with Crippen molar-refractivity contribution in [3.05, 3.63) is 28.7 Å². The predicted molar refractivity (Wildman–Crippen MR) is 81.8 cm³/mol. The predicted octanol–water partition coefficient (Wildman–Crippen LogP) is 1.37. The fourth-order valence-electron chi connectivity index (χ4n) is 2.42. The van der Waals surface area contributed by atoms with Crippen LogP contribution in [0.5, 0.6) is 0 Å². The van der Waals surface area contributed by atoms with Gasteiger partial charge in [-0.15, -0.1) is 0 Å². The molecule has 0 aliphatic heterocycles. The highest BCUT2D eigenvalue weighted by Gasteiger charge is 2.31. The van der Waals surface area contributed by atoms with Crippen LogP contribution in [0, 0.1) is 5.92 Å². The topological polar surface area (TPSA) is 87.7 Å². The summed E-state index contributed by atoms with van der Waals surface area (Å²) >= 11 is 0. The van der Waals surface area contributed by atoms with Crippen molar-refractivity contribution in [2.45, 2.75) is 18.9 Å². The number of carbonyl (C=O) groups excluding carboxylic acids is 1. The molecule has 1 unspecified atom stereocenters. The SMILES string of the molecule is CN(CC(O)C1CC1)C(=O)Nc1ccc2c(c1)oc(=O)n2C. The molecule has 3 rings (SSSR count). The molecule has 1 aliphatic carbocycles. The molecule has 2 aromatic rings. The molecular weight excluding hydrogens is 286 g/mol. The van der Waals surface area contributed by atoms with Gasteiger partial charge in [0, 0.05) is 32.4 Å². The maximum atomic E-state index is 12.1. The molecule has 2 amide bonds. The Hall–Kier alpha value is -2.28. The zero-order chi connectivity index (χ0) is 15.9. The van der Waals surface area contributed by atoms with Gasteiger partial charge in [-0.25, -0.2) is 9.59 Å². The third kappa shape index (κ3) is 2.85. The Morgan fingerprint density at radius 1 is 1.55 bits per heavy atom. The molecule has 0 bridgehead atoms. The lowest BCUT2D eigenvalue weighted by molar-refractivity contribution is 0.117. The molecular formula is C15H19N3O4. The molecule has 0 radical (unpaired) electrons. The number of benzene rings is 1. The largest absolute Gasteiger partial charge is 0.419 e. The Bertz CT molecular complexity index is 760. The summed E-state index contributed by atoms with van der Waals surface area (Å²) in [5.74, 6) is -0.117. The minimum absolute atomic E-state index is 0.305. The quantitative estimate of drug-likeness (QED) is 0.893. The average Bonchev–Trinajstić information content (AvgIpc) is 3.27. The Morgan fingerprint density at radius 2 is 2.27 bits per heavy atom. The van der Waals surface area contributed by atoms with E-state index in [1.807, 2.05) is 0 Å². The summed E-state index contributed by atoms with van der Waals surface area (Å²) in [7, 11) is 3.27.